The molecule has 0 saturated heterocycles. The van der Waals surface area contributed by atoms with E-state index in [1.165, 1.54) is 0 Å². The third-order valence-electron chi connectivity index (χ3n) is 1.98. The van der Waals surface area contributed by atoms with Gasteiger partial charge in [-0.3, -0.25) is 4.79 Å². The van der Waals surface area contributed by atoms with Gasteiger partial charge in [0.1, 0.15) is 0 Å². The van der Waals surface area contributed by atoms with Crippen molar-refractivity contribution in [1.82, 2.24) is 5.32 Å². The number of carbonyl (C=O) groups is 1. The van der Waals surface area contributed by atoms with Gasteiger partial charge in [0, 0.05) is 16.5 Å². The van der Waals surface area contributed by atoms with E-state index in [1.807, 2.05) is 31.3 Å². The van der Waals surface area contributed by atoms with Crippen LogP contribution >= 0.6 is 15.9 Å². The molecule has 0 aliphatic rings. The zero-order chi connectivity index (χ0) is 10.4. The van der Waals surface area contributed by atoms with Crippen LogP contribution in [0.4, 0.5) is 0 Å². The summed E-state index contributed by atoms with van der Waals surface area (Å²) in [6.07, 6.45) is 1.50. The molecule has 3 heteroatoms. The zero-order valence-corrected chi connectivity index (χ0v) is 9.80. The minimum Gasteiger partial charge on any atom is -0.320 e. The average Bonchev–Trinajstić information content (AvgIpc) is 2.18. The molecule has 0 fully saturated rings. The molecule has 1 N–H and O–H groups in total. The maximum Gasteiger partial charge on any atom is 0.162 e. The highest BCUT2D eigenvalue weighted by molar-refractivity contribution is 9.10. The number of carbonyl (C=O) groups excluding carboxylic acids is 1. The summed E-state index contributed by atoms with van der Waals surface area (Å²) in [5.41, 5.74) is 0.787. The zero-order valence-electron chi connectivity index (χ0n) is 8.22. The summed E-state index contributed by atoms with van der Waals surface area (Å²) in [6, 6.07) is 7.52. The molecule has 0 saturated carbocycles. The molecule has 0 heterocycles. The van der Waals surface area contributed by atoms with Crippen LogP contribution in [0, 0.1) is 0 Å². The monoisotopic (exact) mass is 255 g/mol. The van der Waals surface area contributed by atoms with E-state index in [2.05, 4.69) is 21.2 Å². The Kier molecular flexibility index (Phi) is 4.84. The molecule has 0 aliphatic carbocycles. The first kappa shape index (κ1) is 11.4. The highest BCUT2D eigenvalue weighted by Gasteiger charge is 2.04. The van der Waals surface area contributed by atoms with Gasteiger partial charge in [0.2, 0.25) is 0 Å². The Morgan fingerprint density at radius 1 is 1.50 bits per heavy atom. The van der Waals surface area contributed by atoms with Crippen LogP contribution in [0.5, 0.6) is 0 Å². The Balaban J connectivity index is 2.52. The second-order valence-corrected chi connectivity index (χ2v) is 4.06. The van der Waals surface area contributed by atoms with E-state index >= 15 is 0 Å². The van der Waals surface area contributed by atoms with Crippen LogP contribution in [0.2, 0.25) is 0 Å². The number of nitrogens with one attached hydrogen (secondary N) is 1. The lowest BCUT2D eigenvalue weighted by Crippen LogP contribution is -2.10. The van der Waals surface area contributed by atoms with Crippen molar-refractivity contribution in [2.75, 3.05) is 13.6 Å². The van der Waals surface area contributed by atoms with E-state index in [-0.39, 0.29) is 5.78 Å². The van der Waals surface area contributed by atoms with Crippen LogP contribution in [0.1, 0.15) is 23.2 Å². The van der Waals surface area contributed by atoms with Crippen molar-refractivity contribution < 1.29 is 4.79 Å². The molecule has 1 aromatic rings. The molecule has 76 valence electrons. The lowest BCUT2D eigenvalue weighted by atomic mass is 10.1. The smallest absolute Gasteiger partial charge is 0.162 e. The molecule has 2 nitrogen and oxygen atoms in total. The molecule has 1 rings (SSSR count). The van der Waals surface area contributed by atoms with E-state index in [1.54, 1.807) is 0 Å². The summed E-state index contributed by atoms with van der Waals surface area (Å²) in [7, 11) is 1.89. The number of ketones is 1. The molecule has 14 heavy (non-hydrogen) atoms. The average molecular weight is 256 g/mol. The maximum absolute atomic E-state index is 11.6. The Labute approximate surface area is 92.8 Å². The van der Waals surface area contributed by atoms with Crippen LogP contribution in [0.3, 0.4) is 0 Å². The van der Waals surface area contributed by atoms with Gasteiger partial charge < -0.3 is 5.32 Å². The van der Waals surface area contributed by atoms with Crippen molar-refractivity contribution in [3.05, 3.63) is 34.3 Å². The summed E-state index contributed by atoms with van der Waals surface area (Å²) in [5.74, 6) is 0.210. The Morgan fingerprint density at radius 2 is 2.29 bits per heavy atom. The number of Topliss-reactive ketones (excluding diaryl/α,β-unsaturated/α-hetero) is 1. The Hall–Kier alpha value is -0.670. The molecule has 0 bridgehead atoms. The van der Waals surface area contributed by atoms with Gasteiger partial charge in [-0.05, 0) is 32.1 Å². The van der Waals surface area contributed by atoms with E-state index in [9.17, 15) is 4.79 Å². The number of hydrogen-bond donors (Lipinski definition) is 1. The van der Waals surface area contributed by atoms with Crippen LogP contribution in [0.25, 0.3) is 0 Å². The van der Waals surface area contributed by atoms with Crippen molar-refractivity contribution in [3.63, 3.8) is 0 Å². The van der Waals surface area contributed by atoms with Gasteiger partial charge in [0.25, 0.3) is 0 Å². The summed E-state index contributed by atoms with van der Waals surface area (Å²) in [6.45, 7) is 0.889. The normalized spacial score (nSPS) is 10.1. The number of hydrogen-bond acceptors (Lipinski definition) is 2. The highest BCUT2D eigenvalue weighted by atomic mass is 79.9. The summed E-state index contributed by atoms with van der Waals surface area (Å²) in [5, 5.41) is 3.02. The van der Waals surface area contributed by atoms with Crippen LogP contribution in [-0.2, 0) is 0 Å². The largest absolute Gasteiger partial charge is 0.320 e. The van der Waals surface area contributed by atoms with Gasteiger partial charge in [0.05, 0.1) is 0 Å². The van der Waals surface area contributed by atoms with E-state index in [4.69, 9.17) is 0 Å². The topological polar surface area (TPSA) is 29.1 Å². The quantitative estimate of drug-likeness (QED) is 0.648. The second-order valence-electron chi connectivity index (χ2n) is 3.14. The van der Waals surface area contributed by atoms with E-state index < -0.39 is 0 Å². The Bertz CT molecular complexity index is 312. The fourth-order valence-corrected chi connectivity index (χ4v) is 1.63. The second kappa shape index (κ2) is 5.94. The van der Waals surface area contributed by atoms with Crippen LogP contribution in [0.15, 0.2) is 28.7 Å². The third kappa shape index (κ3) is 3.60. The molecule has 1 aromatic carbocycles. The van der Waals surface area contributed by atoms with Gasteiger partial charge in [-0.25, -0.2) is 0 Å². The van der Waals surface area contributed by atoms with Crippen LogP contribution in [-0.4, -0.2) is 19.4 Å². The molecule has 0 unspecified atom stereocenters. The van der Waals surface area contributed by atoms with Crippen molar-refractivity contribution >= 4 is 21.7 Å². The number of benzene rings is 1. The van der Waals surface area contributed by atoms with Gasteiger partial charge in [-0.2, -0.15) is 0 Å². The molecule has 0 amide bonds. The van der Waals surface area contributed by atoms with Crippen LogP contribution < -0.4 is 5.32 Å². The molecule has 0 radical (unpaired) electrons. The first-order valence-corrected chi connectivity index (χ1v) is 5.46. The van der Waals surface area contributed by atoms with Crippen molar-refractivity contribution in [3.8, 4) is 0 Å². The van der Waals surface area contributed by atoms with E-state index in [0.717, 1.165) is 23.0 Å². The SMILES string of the molecule is CNCCCC(=O)c1cccc(Br)c1. The first-order chi connectivity index (χ1) is 6.74. The predicted molar refractivity (Wildman–Crippen MR) is 61.6 cm³/mol. The summed E-state index contributed by atoms with van der Waals surface area (Å²) < 4.78 is 0.956. The van der Waals surface area contributed by atoms with E-state index in [0.29, 0.717) is 6.42 Å². The molecule has 0 aliphatic heterocycles. The fraction of sp³-hybridized carbons (Fsp3) is 0.364. The third-order valence-corrected chi connectivity index (χ3v) is 2.47. The minimum absolute atomic E-state index is 0.210. The number of rotatable bonds is 5. The summed E-state index contributed by atoms with van der Waals surface area (Å²) in [4.78, 5) is 11.6. The maximum atomic E-state index is 11.6. The standard InChI is InChI=1S/C11H14BrNO/c1-13-7-3-6-11(14)9-4-2-5-10(12)8-9/h2,4-5,8,13H,3,6-7H2,1H3. The van der Waals surface area contributed by atoms with Crippen molar-refractivity contribution in [2.45, 2.75) is 12.8 Å². The molecular formula is C11H14BrNO. The lowest BCUT2D eigenvalue weighted by Gasteiger charge is -2.01. The van der Waals surface area contributed by atoms with Gasteiger partial charge >= 0.3 is 0 Å². The predicted octanol–water partition coefficient (Wildman–Crippen LogP) is 2.63. The van der Waals surface area contributed by atoms with Gasteiger partial charge in [-0.1, -0.05) is 28.1 Å². The first-order valence-electron chi connectivity index (χ1n) is 4.67. The summed E-state index contributed by atoms with van der Waals surface area (Å²) >= 11 is 3.35. The fourth-order valence-electron chi connectivity index (χ4n) is 1.23. The number of halogens is 1. The molecular weight excluding hydrogens is 242 g/mol. The lowest BCUT2D eigenvalue weighted by molar-refractivity contribution is 0.0980. The minimum atomic E-state index is 0.210. The van der Waals surface area contributed by atoms with Gasteiger partial charge in [-0.15, -0.1) is 0 Å². The Morgan fingerprint density at radius 3 is 2.93 bits per heavy atom. The van der Waals surface area contributed by atoms with Crippen molar-refractivity contribution in [2.24, 2.45) is 0 Å². The van der Waals surface area contributed by atoms with Crippen molar-refractivity contribution in [1.29, 1.82) is 0 Å². The van der Waals surface area contributed by atoms with Gasteiger partial charge in [0.15, 0.2) is 5.78 Å². The molecule has 0 aromatic heterocycles. The molecule has 0 spiro atoms. The molecule has 0 atom stereocenters. The highest BCUT2D eigenvalue weighted by Crippen LogP contribution is 2.13.